The predicted molar refractivity (Wildman–Crippen MR) is 173 cm³/mol. The average Bonchev–Trinajstić information content (AvgIpc) is 3.03. The number of fused-ring (bicyclic) bond motifs is 1. The second-order valence-corrected chi connectivity index (χ2v) is 12.5. The van der Waals surface area contributed by atoms with E-state index in [0.29, 0.717) is 5.56 Å². The molecule has 1 aliphatic rings. The van der Waals surface area contributed by atoms with Gasteiger partial charge in [-0.25, -0.2) is 4.79 Å². The molecule has 0 saturated heterocycles. The molecule has 1 amide bonds. The molecule has 0 saturated carbocycles. The van der Waals surface area contributed by atoms with Crippen LogP contribution in [0.1, 0.15) is 67.8 Å². The number of aliphatic carboxylic acids is 1. The zero-order valence-corrected chi connectivity index (χ0v) is 27.7. The molecule has 12 nitrogen and oxygen atoms in total. The van der Waals surface area contributed by atoms with E-state index in [1.807, 2.05) is 0 Å². The van der Waals surface area contributed by atoms with Crippen molar-refractivity contribution in [2.24, 2.45) is 29.6 Å². The lowest BCUT2D eigenvalue weighted by molar-refractivity contribution is -0.132. The molecule has 0 aromatic heterocycles. The van der Waals surface area contributed by atoms with Crippen molar-refractivity contribution in [3.63, 3.8) is 0 Å². The Morgan fingerprint density at radius 3 is 1.96 bits per heavy atom. The van der Waals surface area contributed by atoms with Gasteiger partial charge in [-0.05, 0) is 38.5 Å². The van der Waals surface area contributed by atoms with E-state index < -0.39 is 84.1 Å². The summed E-state index contributed by atoms with van der Waals surface area (Å²) in [5.41, 5.74) is 0.462. The summed E-state index contributed by atoms with van der Waals surface area (Å²) in [6.45, 7) is 10.2. The van der Waals surface area contributed by atoms with Crippen molar-refractivity contribution in [3.8, 4) is 5.75 Å². The Bertz CT molecular complexity index is 1470. The Labute approximate surface area is 274 Å². The number of aromatic hydroxyl groups is 1. The summed E-state index contributed by atoms with van der Waals surface area (Å²) in [7, 11) is 0. The van der Waals surface area contributed by atoms with Gasteiger partial charge in [-0.2, -0.15) is 0 Å². The first-order valence-corrected chi connectivity index (χ1v) is 15.4. The molecule has 0 bridgehead atoms. The number of aliphatic hydroxyl groups excluding tert-OH is 5. The van der Waals surface area contributed by atoms with Gasteiger partial charge in [0.1, 0.15) is 5.75 Å². The minimum absolute atomic E-state index is 0.0463. The van der Waals surface area contributed by atoms with E-state index in [1.165, 1.54) is 51.1 Å². The molecule has 2 rings (SSSR count). The Morgan fingerprint density at radius 1 is 0.851 bits per heavy atom. The number of aryl methyl sites for hydroxylation is 1. The molecule has 0 spiro atoms. The van der Waals surface area contributed by atoms with Crippen molar-refractivity contribution in [2.45, 2.75) is 72.9 Å². The lowest BCUT2D eigenvalue weighted by Crippen LogP contribution is -2.46. The van der Waals surface area contributed by atoms with Gasteiger partial charge >= 0.3 is 5.97 Å². The fourth-order valence-electron chi connectivity index (χ4n) is 5.47. The second-order valence-electron chi connectivity index (χ2n) is 12.5. The van der Waals surface area contributed by atoms with Crippen molar-refractivity contribution >= 4 is 23.4 Å². The molecule has 1 aliphatic carbocycles. The highest BCUT2D eigenvalue weighted by atomic mass is 16.4. The fraction of sp³-hybridized carbons (Fsp3) is 0.486. The first kappa shape index (κ1) is 39.2. The number of nitrogens with one attached hydrogen (secondary N) is 1. The number of aliphatic hydroxyl groups is 5. The zero-order valence-electron chi connectivity index (χ0n) is 27.7. The summed E-state index contributed by atoms with van der Waals surface area (Å²) in [5, 5.41) is 74.7. The Kier molecular flexibility index (Phi) is 14.0. The van der Waals surface area contributed by atoms with E-state index in [9.17, 15) is 49.8 Å². The summed E-state index contributed by atoms with van der Waals surface area (Å²) in [5.74, 6) is -6.94. The molecule has 47 heavy (non-hydrogen) atoms. The van der Waals surface area contributed by atoms with Gasteiger partial charge in [-0.15, -0.1) is 0 Å². The van der Waals surface area contributed by atoms with Crippen LogP contribution in [0.25, 0.3) is 0 Å². The maximum Gasteiger partial charge on any atom is 0.330 e. The SMILES string of the molecule is CC(=C[C@H](CO)[C@@H](O)[C@@H](C)[C@@H](O)[C@@H](C)[C@@H](O)[C@@H](C)[C@@H](O)[C@H](C)C=CC=C(C)C(=O)NC1=CC(=O)c2cc(O)c(C)cc2C1=O)C(=O)O. The van der Waals surface area contributed by atoms with Crippen molar-refractivity contribution in [2.75, 3.05) is 6.61 Å². The monoisotopic (exact) mass is 657 g/mol. The molecule has 8 N–H and O–H groups in total. The van der Waals surface area contributed by atoms with Gasteiger partial charge in [0, 0.05) is 57.9 Å². The van der Waals surface area contributed by atoms with Crippen LogP contribution in [-0.2, 0) is 9.59 Å². The summed E-state index contributed by atoms with van der Waals surface area (Å²) < 4.78 is 0. The van der Waals surface area contributed by atoms with Crippen molar-refractivity contribution in [1.82, 2.24) is 5.32 Å². The van der Waals surface area contributed by atoms with Gasteiger partial charge in [0.25, 0.3) is 5.91 Å². The summed E-state index contributed by atoms with van der Waals surface area (Å²) >= 11 is 0. The van der Waals surface area contributed by atoms with E-state index in [0.717, 1.165) is 6.08 Å². The van der Waals surface area contributed by atoms with Gasteiger partial charge in [0.2, 0.25) is 5.78 Å². The number of carbonyl (C=O) groups excluding carboxylic acids is 3. The highest BCUT2D eigenvalue weighted by molar-refractivity contribution is 6.25. The number of Topliss-reactive ketones (excluding diaryl/α,β-unsaturated/α-hetero) is 1. The normalized spacial score (nSPS) is 20.0. The van der Waals surface area contributed by atoms with Gasteiger partial charge in [0.15, 0.2) is 5.78 Å². The second kappa shape index (κ2) is 16.8. The molecule has 1 aromatic carbocycles. The van der Waals surface area contributed by atoms with Gasteiger partial charge in [-0.3, -0.25) is 14.4 Å². The topological polar surface area (TPSA) is 222 Å². The number of amides is 1. The summed E-state index contributed by atoms with van der Waals surface area (Å²) in [6.07, 6.45) is 1.97. The molecule has 0 unspecified atom stereocenters. The largest absolute Gasteiger partial charge is 0.508 e. The summed E-state index contributed by atoms with van der Waals surface area (Å²) in [4.78, 5) is 49.3. The zero-order chi connectivity index (χ0) is 35.9. The van der Waals surface area contributed by atoms with Crippen LogP contribution in [0, 0.1) is 36.5 Å². The molecule has 0 aliphatic heterocycles. The van der Waals surface area contributed by atoms with Crippen LogP contribution >= 0.6 is 0 Å². The minimum atomic E-state index is -1.31. The lowest BCUT2D eigenvalue weighted by atomic mass is 9.77. The molecular formula is C35H47NO11. The molecule has 9 atom stereocenters. The minimum Gasteiger partial charge on any atom is -0.508 e. The molecular weight excluding hydrogens is 610 g/mol. The number of hydrogen-bond acceptors (Lipinski definition) is 10. The van der Waals surface area contributed by atoms with Crippen LogP contribution in [-0.4, -0.2) is 90.2 Å². The van der Waals surface area contributed by atoms with E-state index in [2.05, 4.69) is 5.32 Å². The van der Waals surface area contributed by atoms with Crippen LogP contribution < -0.4 is 5.32 Å². The number of carbonyl (C=O) groups is 4. The van der Waals surface area contributed by atoms with Crippen molar-refractivity contribution in [1.29, 1.82) is 0 Å². The summed E-state index contributed by atoms with van der Waals surface area (Å²) in [6, 6.07) is 2.61. The maximum absolute atomic E-state index is 12.9. The van der Waals surface area contributed by atoms with Gasteiger partial charge in [0.05, 0.1) is 36.7 Å². The van der Waals surface area contributed by atoms with E-state index in [1.54, 1.807) is 33.8 Å². The number of allylic oxidation sites excluding steroid dienone is 4. The molecule has 1 aromatic rings. The third-order valence-electron chi connectivity index (χ3n) is 8.96. The van der Waals surface area contributed by atoms with Gasteiger partial charge in [-0.1, -0.05) is 52.0 Å². The molecule has 0 fully saturated rings. The highest BCUT2D eigenvalue weighted by Gasteiger charge is 2.38. The van der Waals surface area contributed by atoms with Crippen LogP contribution in [0.5, 0.6) is 5.75 Å². The van der Waals surface area contributed by atoms with Crippen LogP contribution in [0.2, 0.25) is 0 Å². The maximum atomic E-state index is 12.9. The number of carboxylic acids is 1. The number of hydrogen-bond donors (Lipinski definition) is 8. The Balaban J connectivity index is 2.04. The number of rotatable bonds is 15. The first-order valence-electron chi connectivity index (χ1n) is 15.4. The van der Waals surface area contributed by atoms with Crippen LogP contribution in [0.3, 0.4) is 0 Å². The third kappa shape index (κ3) is 9.55. The number of carboxylic acid groups (broad SMARTS) is 1. The van der Waals surface area contributed by atoms with Crippen LogP contribution in [0.4, 0.5) is 0 Å². The van der Waals surface area contributed by atoms with E-state index in [4.69, 9.17) is 5.11 Å². The smallest absolute Gasteiger partial charge is 0.330 e. The lowest BCUT2D eigenvalue weighted by Gasteiger charge is -2.37. The number of phenolic OH excluding ortho intramolecular Hbond substituents is 1. The Morgan fingerprint density at radius 2 is 1.40 bits per heavy atom. The fourth-order valence-corrected chi connectivity index (χ4v) is 5.47. The number of ketones is 2. The molecule has 258 valence electrons. The number of phenols is 1. The van der Waals surface area contributed by atoms with Crippen LogP contribution in [0.15, 0.2) is 59.4 Å². The van der Waals surface area contributed by atoms with E-state index in [-0.39, 0.29) is 33.7 Å². The molecule has 0 radical (unpaired) electrons. The van der Waals surface area contributed by atoms with Crippen molar-refractivity contribution < 1.29 is 54.9 Å². The highest BCUT2D eigenvalue weighted by Crippen LogP contribution is 2.30. The van der Waals surface area contributed by atoms with Gasteiger partial charge < -0.3 is 41.1 Å². The first-order chi connectivity index (χ1) is 21.8. The molecule has 0 heterocycles. The standard InChI is InChI=1S/C35H47NO11/c1-16(29(40)20(5)30(41)21(6)31(42)22(7)32(43)23(15-37)11-19(4)35(46)47)9-8-10-17(2)34(45)36-26-14-28(39)24-13-27(38)18(3)12-25(24)33(26)44/h8-14,16,20-23,29-32,37-38,40-43H,15H2,1-7H3,(H,36,45)(H,46,47)/t16-,20+,21+,22+,23-,29+,30+,31+,32+/m1/s1. The van der Waals surface area contributed by atoms with Crippen molar-refractivity contribution in [3.05, 3.63) is 76.0 Å². The third-order valence-corrected chi connectivity index (χ3v) is 8.96. The predicted octanol–water partition coefficient (Wildman–Crippen LogP) is 2.21. The Hall–Kier alpha value is -3.94. The number of benzene rings is 1. The van der Waals surface area contributed by atoms with E-state index >= 15 is 0 Å². The molecule has 12 heteroatoms. The quantitative estimate of drug-likeness (QED) is 0.101. The average molecular weight is 658 g/mol.